The number of rotatable bonds is 0. The van der Waals surface area contributed by atoms with E-state index in [1.807, 2.05) is 13.8 Å². The molecular formula is C16H20O5. The molecule has 0 radical (unpaired) electrons. The molecule has 0 unspecified atom stereocenters. The van der Waals surface area contributed by atoms with E-state index < -0.39 is 12.1 Å². The largest absolute Gasteiger partial charge is 0.344 e. The molecule has 4 fully saturated rings. The molecule has 1 saturated carbocycles. The zero-order valence-corrected chi connectivity index (χ0v) is 12.4. The number of fused-ring (bicyclic) bond motifs is 2. The van der Waals surface area contributed by atoms with Gasteiger partial charge >= 0.3 is 0 Å². The van der Waals surface area contributed by atoms with E-state index >= 15 is 0 Å². The van der Waals surface area contributed by atoms with Crippen LogP contribution in [0.2, 0.25) is 0 Å². The molecule has 3 heterocycles. The second-order valence-electron chi connectivity index (χ2n) is 7.62. The van der Waals surface area contributed by atoms with Crippen molar-refractivity contribution < 1.29 is 23.7 Å². The highest BCUT2D eigenvalue weighted by atomic mass is 16.8. The van der Waals surface area contributed by atoms with Crippen molar-refractivity contribution in [2.75, 3.05) is 6.61 Å². The molecule has 0 spiro atoms. The summed E-state index contributed by atoms with van der Waals surface area (Å²) in [6, 6.07) is 0. The minimum absolute atomic E-state index is 0.000220. The molecule has 4 bridgehead atoms. The summed E-state index contributed by atoms with van der Waals surface area (Å²) in [5.74, 6) is -0.284. The lowest BCUT2D eigenvalue weighted by Gasteiger charge is -2.57. The van der Waals surface area contributed by atoms with Gasteiger partial charge in [-0.25, -0.2) is 0 Å². The normalized spacial score (nSPS) is 59.2. The number of ether oxygens (including phenoxy) is 4. The Morgan fingerprint density at radius 3 is 2.86 bits per heavy atom. The van der Waals surface area contributed by atoms with Crippen molar-refractivity contribution >= 4 is 5.78 Å². The molecular weight excluding hydrogens is 272 g/mol. The summed E-state index contributed by atoms with van der Waals surface area (Å²) >= 11 is 0. The van der Waals surface area contributed by atoms with Crippen molar-refractivity contribution in [3.63, 3.8) is 0 Å². The molecule has 3 aliphatic heterocycles. The fourth-order valence-corrected chi connectivity index (χ4v) is 5.21. The van der Waals surface area contributed by atoms with Gasteiger partial charge in [-0.15, -0.1) is 0 Å². The van der Waals surface area contributed by atoms with Gasteiger partial charge in [0.15, 0.2) is 11.6 Å². The van der Waals surface area contributed by atoms with Crippen molar-refractivity contribution in [2.45, 2.75) is 51.2 Å². The molecule has 0 aromatic carbocycles. The molecule has 6 aliphatic rings. The van der Waals surface area contributed by atoms with Crippen LogP contribution in [0.4, 0.5) is 0 Å². The van der Waals surface area contributed by atoms with Crippen LogP contribution in [0.1, 0.15) is 20.8 Å². The van der Waals surface area contributed by atoms with Crippen molar-refractivity contribution in [3.05, 3.63) is 12.2 Å². The van der Waals surface area contributed by atoms with Crippen LogP contribution in [-0.4, -0.2) is 42.8 Å². The topological polar surface area (TPSA) is 54.0 Å². The van der Waals surface area contributed by atoms with E-state index in [1.54, 1.807) is 0 Å². The maximum Gasteiger partial charge on any atom is 0.218 e. The van der Waals surface area contributed by atoms with E-state index in [4.69, 9.17) is 18.9 Å². The SMILES string of the molecule is CC1(C)O[C@H]2[C@@H]3C=C[C@](C)([C@H]2O1)[C@H]1C(=O)[C@@H]2OC[C@@H](O2)[C@@H]31. The van der Waals surface area contributed by atoms with Crippen LogP contribution < -0.4 is 0 Å². The number of Topliss-reactive ketones (excluding diaryl/α,β-unsaturated/α-hetero) is 1. The highest BCUT2D eigenvalue weighted by Gasteiger charge is 2.70. The van der Waals surface area contributed by atoms with Crippen LogP contribution in [0.15, 0.2) is 12.2 Å². The van der Waals surface area contributed by atoms with Gasteiger partial charge in [0, 0.05) is 23.2 Å². The lowest BCUT2D eigenvalue weighted by molar-refractivity contribution is -0.196. The van der Waals surface area contributed by atoms with E-state index in [0.717, 1.165) is 0 Å². The zero-order valence-electron chi connectivity index (χ0n) is 12.4. The summed E-state index contributed by atoms with van der Waals surface area (Å²) < 4.78 is 23.6. The summed E-state index contributed by atoms with van der Waals surface area (Å²) in [5, 5.41) is 0. The summed E-state index contributed by atoms with van der Waals surface area (Å²) in [7, 11) is 0. The van der Waals surface area contributed by atoms with E-state index in [0.29, 0.717) is 6.61 Å². The minimum atomic E-state index is -0.672. The molecule has 5 nitrogen and oxygen atoms in total. The zero-order chi connectivity index (χ0) is 14.6. The monoisotopic (exact) mass is 292 g/mol. The van der Waals surface area contributed by atoms with Gasteiger partial charge < -0.3 is 18.9 Å². The van der Waals surface area contributed by atoms with Crippen molar-refractivity contribution in [3.8, 4) is 0 Å². The molecule has 3 aliphatic carbocycles. The quantitative estimate of drug-likeness (QED) is 0.629. The first-order chi connectivity index (χ1) is 9.91. The van der Waals surface area contributed by atoms with Crippen molar-refractivity contribution in [1.82, 2.24) is 0 Å². The highest BCUT2D eigenvalue weighted by Crippen LogP contribution is 2.61. The number of ketones is 1. The first-order valence-corrected chi connectivity index (χ1v) is 7.76. The number of carbonyl (C=O) groups is 1. The van der Waals surface area contributed by atoms with Gasteiger partial charge in [0.2, 0.25) is 6.29 Å². The Kier molecular flexibility index (Phi) is 2.18. The first kappa shape index (κ1) is 12.8. The average molecular weight is 292 g/mol. The molecule has 0 aromatic heterocycles. The Bertz CT molecular complexity index is 555. The van der Waals surface area contributed by atoms with Gasteiger partial charge in [0.05, 0.1) is 24.9 Å². The third-order valence-corrected chi connectivity index (χ3v) is 5.98. The molecule has 6 rings (SSSR count). The average Bonchev–Trinajstić information content (AvgIpc) is 2.98. The van der Waals surface area contributed by atoms with E-state index in [2.05, 4.69) is 19.1 Å². The number of hydrogen-bond acceptors (Lipinski definition) is 5. The lowest BCUT2D eigenvalue weighted by atomic mass is 9.50. The fourth-order valence-electron chi connectivity index (χ4n) is 5.21. The second-order valence-corrected chi connectivity index (χ2v) is 7.62. The Morgan fingerprint density at radius 2 is 2.05 bits per heavy atom. The first-order valence-electron chi connectivity index (χ1n) is 7.76. The molecule has 5 heteroatoms. The minimum Gasteiger partial charge on any atom is -0.344 e. The molecule has 0 amide bonds. The maximum absolute atomic E-state index is 12.8. The number of carbonyl (C=O) groups excluding carboxylic acids is 1. The summed E-state index contributed by atoms with van der Waals surface area (Å²) in [5.41, 5.74) is -0.330. The third kappa shape index (κ3) is 1.39. The standard InChI is InChI=1S/C16H20O5/c1-15(2)20-12-7-4-5-16(3,13(12)21-15)10-9(7)8-6-18-14(19-8)11(10)17/h4-5,7-10,12-14H,6H2,1-3H3/t7-,8-,9-,10-,12+,13+,14-,16+/m1/s1. The van der Waals surface area contributed by atoms with Crippen molar-refractivity contribution in [1.29, 1.82) is 0 Å². The summed E-state index contributed by atoms with van der Waals surface area (Å²) in [6.07, 6.45) is 3.65. The van der Waals surface area contributed by atoms with E-state index in [-0.39, 0.29) is 47.3 Å². The van der Waals surface area contributed by atoms with Gasteiger partial charge in [-0.2, -0.15) is 0 Å². The summed E-state index contributed by atoms with van der Waals surface area (Å²) in [4.78, 5) is 12.8. The number of hydrogen-bond donors (Lipinski definition) is 0. The van der Waals surface area contributed by atoms with E-state index in [1.165, 1.54) is 0 Å². The Hall–Kier alpha value is -0.750. The van der Waals surface area contributed by atoms with Crippen LogP contribution >= 0.6 is 0 Å². The van der Waals surface area contributed by atoms with Crippen LogP contribution in [0.25, 0.3) is 0 Å². The smallest absolute Gasteiger partial charge is 0.218 e. The fraction of sp³-hybridized carbons (Fsp3) is 0.812. The predicted molar refractivity (Wildman–Crippen MR) is 71.2 cm³/mol. The maximum atomic E-state index is 12.8. The van der Waals surface area contributed by atoms with Crippen LogP contribution in [-0.2, 0) is 23.7 Å². The molecule has 21 heavy (non-hydrogen) atoms. The van der Waals surface area contributed by atoms with Crippen LogP contribution in [0, 0.1) is 23.2 Å². The molecule has 114 valence electrons. The van der Waals surface area contributed by atoms with Gasteiger partial charge in [-0.05, 0) is 13.8 Å². The molecule has 8 atom stereocenters. The highest BCUT2D eigenvalue weighted by molar-refractivity contribution is 5.87. The van der Waals surface area contributed by atoms with Gasteiger partial charge in [-0.1, -0.05) is 19.1 Å². The molecule has 3 saturated heterocycles. The Labute approximate surface area is 123 Å². The molecule has 0 N–H and O–H groups in total. The Balaban J connectivity index is 1.65. The van der Waals surface area contributed by atoms with Crippen LogP contribution in [0.3, 0.4) is 0 Å². The van der Waals surface area contributed by atoms with Crippen LogP contribution in [0.5, 0.6) is 0 Å². The summed E-state index contributed by atoms with van der Waals surface area (Å²) in [6.45, 7) is 6.54. The lowest BCUT2D eigenvalue weighted by Crippen LogP contribution is -2.66. The predicted octanol–water partition coefficient (Wildman–Crippen LogP) is 1.27. The third-order valence-electron chi connectivity index (χ3n) is 5.98. The van der Waals surface area contributed by atoms with Gasteiger partial charge in [-0.3, -0.25) is 4.79 Å². The Morgan fingerprint density at radius 1 is 1.24 bits per heavy atom. The molecule has 0 aromatic rings. The van der Waals surface area contributed by atoms with Crippen molar-refractivity contribution in [2.24, 2.45) is 23.2 Å². The van der Waals surface area contributed by atoms with Gasteiger partial charge in [0.25, 0.3) is 0 Å². The van der Waals surface area contributed by atoms with Gasteiger partial charge in [0.1, 0.15) is 0 Å². The van der Waals surface area contributed by atoms with E-state index in [9.17, 15) is 4.79 Å². The second kappa shape index (κ2) is 3.59.